The van der Waals surface area contributed by atoms with E-state index in [1.165, 1.54) is 16.4 Å². The van der Waals surface area contributed by atoms with Gasteiger partial charge in [0.2, 0.25) is 16.1 Å². The molecule has 1 atom stereocenters. The van der Waals surface area contributed by atoms with E-state index in [0.717, 1.165) is 19.3 Å². The molecule has 2 aliphatic heterocycles. The lowest BCUT2D eigenvalue weighted by atomic mass is 10.2. The lowest BCUT2D eigenvalue weighted by Crippen LogP contribution is -2.39. The molecule has 10 heteroatoms. The lowest BCUT2D eigenvalue weighted by Gasteiger charge is -2.26. The number of para-hydroxylation sites is 2. The number of esters is 1. The number of nitrogens with one attached hydrogen (secondary N) is 1. The molecule has 0 aliphatic carbocycles. The van der Waals surface area contributed by atoms with Crippen molar-refractivity contribution in [2.75, 3.05) is 31.6 Å². The second kappa shape index (κ2) is 9.58. The summed E-state index contributed by atoms with van der Waals surface area (Å²) in [5.74, 6) is -0.357. The Morgan fingerprint density at radius 1 is 1.03 bits per heavy atom. The Bertz CT molecular complexity index is 1100. The first-order valence-electron chi connectivity index (χ1n) is 10.4. The highest BCUT2D eigenvalue weighted by molar-refractivity contribution is 7.89. The van der Waals surface area contributed by atoms with Crippen LogP contribution in [0.5, 0.6) is 11.5 Å². The average Bonchev–Trinajstić information content (AvgIpc) is 2.83. The molecule has 32 heavy (non-hydrogen) atoms. The van der Waals surface area contributed by atoms with Gasteiger partial charge in [0.1, 0.15) is 6.61 Å². The van der Waals surface area contributed by atoms with Crippen LogP contribution in [-0.2, 0) is 24.3 Å². The van der Waals surface area contributed by atoms with Crippen molar-refractivity contribution in [2.24, 2.45) is 0 Å². The predicted octanol–water partition coefficient (Wildman–Crippen LogP) is 2.18. The first-order valence-corrected chi connectivity index (χ1v) is 11.8. The first kappa shape index (κ1) is 22.1. The van der Waals surface area contributed by atoms with Gasteiger partial charge in [-0.05, 0) is 43.2 Å². The van der Waals surface area contributed by atoms with Crippen LogP contribution in [0.1, 0.15) is 19.3 Å². The molecule has 0 saturated carbocycles. The number of benzene rings is 2. The summed E-state index contributed by atoms with van der Waals surface area (Å²) in [6.07, 6.45) is 1.71. The highest BCUT2D eigenvalue weighted by Crippen LogP contribution is 2.31. The van der Waals surface area contributed by atoms with Crippen LogP contribution in [0.3, 0.4) is 0 Å². The number of nitrogens with zero attached hydrogens (tertiary/aromatic N) is 1. The quantitative estimate of drug-likeness (QED) is 0.658. The van der Waals surface area contributed by atoms with Crippen LogP contribution in [0.2, 0.25) is 0 Å². The summed E-state index contributed by atoms with van der Waals surface area (Å²) in [6, 6.07) is 13.0. The summed E-state index contributed by atoms with van der Waals surface area (Å²) in [7, 11) is -3.62. The molecule has 1 N–H and O–H groups in total. The predicted molar refractivity (Wildman–Crippen MR) is 115 cm³/mol. The molecule has 0 bridgehead atoms. The molecule has 1 fully saturated rings. The van der Waals surface area contributed by atoms with E-state index in [0.29, 0.717) is 30.3 Å². The SMILES string of the molecule is O=C(COC(=O)[C@H]1COc2ccccc2O1)Nc1cccc(S(=O)(=O)N2CCCCC2)c1. The molecule has 1 saturated heterocycles. The largest absolute Gasteiger partial charge is 0.485 e. The molecule has 0 aromatic heterocycles. The topological polar surface area (TPSA) is 111 Å². The van der Waals surface area contributed by atoms with E-state index < -0.39 is 34.6 Å². The van der Waals surface area contributed by atoms with Crippen LogP contribution in [0.4, 0.5) is 5.69 Å². The molecule has 2 aromatic rings. The maximum Gasteiger partial charge on any atom is 0.351 e. The minimum absolute atomic E-state index is 0.0200. The van der Waals surface area contributed by atoms with Crippen molar-refractivity contribution in [3.05, 3.63) is 48.5 Å². The van der Waals surface area contributed by atoms with E-state index in [-0.39, 0.29) is 11.5 Å². The molecule has 0 spiro atoms. The molecule has 0 unspecified atom stereocenters. The Labute approximate surface area is 186 Å². The van der Waals surface area contributed by atoms with E-state index >= 15 is 0 Å². The minimum Gasteiger partial charge on any atom is -0.485 e. The number of hydrogen-bond acceptors (Lipinski definition) is 7. The van der Waals surface area contributed by atoms with Crippen molar-refractivity contribution in [1.82, 2.24) is 4.31 Å². The van der Waals surface area contributed by atoms with E-state index in [1.807, 2.05) is 0 Å². The summed E-state index contributed by atoms with van der Waals surface area (Å²) in [5, 5.41) is 2.56. The maximum absolute atomic E-state index is 12.8. The summed E-state index contributed by atoms with van der Waals surface area (Å²) < 4.78 is 43.2. The van der Waals surface area contributed by atoms with Gasteiger partial charge < -0.3 is 19.5 Å². The molecule has 9 nitrogen and oxygen atoms in total. The summed E-state index contributed by atoms with van der Waals surface area (Å²) in [4.78, 5) is 24.6. The van der Waals surface area contributed by atoms with E-state index in [9.17, 15) is 18.0 Å². The fraction of sp³-hybridized carbons (Fsp3) is 0.364. The Kier molecular flexibility index (Phi) is 6.61. The fourth-order valence-corrected chi connectivity index (χ4v) is 5.11. The summed E-state index contributed by atoms with van der Waals surface area (Å²) in [6.45, 7) is 0.426. The van der Waals surface area contributed by atoms with Gasteiger partial charge in [-0.15, -0.1) is 0 Å². The normalized spacial score (nSPS) is 18.6. The third-order valence-electron chi connectivity index (χ3n) is 5.19. The van der Waals surface area contributed by atoms with Gasteiger partial charge in [0.15, 0.2) is 18.1 Å². The van der Waals surface area contributed by atoms with Crippen LogP contribution >= 0.6 is 0 Å². The van der Waals surface area contributed by atoms with Gasteiger partial charge in [-0.2, -0.15) is 4.31 Å². The molecule has 1 amide bonds. The Hall–Kier alpha value is -3.11. The first-order chi connectivity index (χ1) is 15.4. The van der Waals surface area contributed by atoms with Crippen LogP contribution in [0, 0.1) is 0 Å². The number of hydrogen-bond donors (Lipinski definition) is 1. The standard InChI is InChI=1S/C22H24N2O7S/c25-21(15-30-22(26)20-14-29-18-9-2-3-10-19(18)31-20)23-16-7-6-8-17(13-16)32(27,28)24-11-4-1-5-12-24/h2-3,6-10,13,20H,1,4-5,11-12,14-15H2,(H,23,25)/t20-/m1/s1. The monoisotopic (exact) mass is 460 g/mol. The zero-order chi connectivity index (χ0) is 22.6. The molecular formula is C22H24N2O7S. The van der Waals surface area contributed by atoms with E-state index in [2.05, 4.69) is 5.32 Å². The highest BCUT2D eigenvalue weighted by atomic mass is 32.2. The smallest absolute Gasteiger partial charge is 0.351 e. The molecular weight excluding hydrogens is 436 g/mol. The van der Waals surface area contributed by atoms with Gasteiger partial charge in [-0.25, -0.2) is 13.2 Å². The number of fused-ring (bicyclic) bond motifs is 1. The van der Waals surface area contributed by atoms with Crippen molar-refractivity contribution >= 4 is 27.6 Å². The molecule has 4 rings (SSSR count). The van der Waals surface area contributed by atoms with Crippen molar-refractivity contribution in [2.45, 2.75) is 30.3 Å². The van der Waals surface area contributed by atoms with Crippen LogP contribution < -0.4 is 14.8 Å². The second-order valence-electron chi connectivity index (χ2n) is 7.51. The molecule has 2 heterocycles. The molecule has 170 valence electrons. The van der Waals surface area contributed by atoms with Crippen LogP contribution in [0.25, 0.3) is 0 Å². The zero-order valence-corrected chi connectivity index (χ0v) is 18.2. The van der Waals surface area contributed by atoms with Crippen LogP contribution in [0.15, 0.2) is 53.4 Å². The zero-order valence-electron chi connectivity index (χ0n) is 17.4. The number of amides is 1. The number of anilines is 1. The number of rotatable bonds is 6. The van der Waals surface area contributed by atoms with Crippen molar-refractivity contribution in [3.8, 4) is 11.5 Å². The average molecular weight is 461 g/mol. The third kappa shape index (κ3) is 5.03. The van der Waals surface area contributed by atoms with Crippen molar-refractivity contribution in [1.29, 1.82) is 0 Å². The third-order valence-corrected chi connectivity index (χ3v) is 7.08. The number of carbonyl (C=O) groups is 2. The van der Waals surface area contributed by atoms with Gasteiger partial charge in [0.05, 0.1) is 4.90 Å². The number of ether oxygens (including phenoxy) is 3. The summed E-state index contributed by atoms with van der Waals surface area (Å²) in [5.41, 5.74) is 0.301. The van der Waals surface area contributed by atoms with E-state index in [1.54, 1.807) is 36.4 Å². The number of piperidine rings is 1. The molecule has 2 aromatic carbocycles. The number of carbonyl (C=O) groups excluding carboxylic acids is 2. The summed E-state index contributed by atoms with van der Waals surface area (Å²) >= 11 is 0. The van der Waals surface area contributed by atoms with Gasteiger partial charge >= 0.3 is 5.97 Å². The number of sulfonamides is 1. The van der Waals surface area contributed by atoms with Crippen molar-refractivity contribution < 1.29 is 32.2 Å². The van der Waals surface area contributed by atoms with Gasteiger partial charge in [0.25, 0.3) is 5.91 Å². The molecule has 0 radical (unpaired) electrons. The van der Waals surface area contributed by atoms with E-state index in [4.69, 9.17) is 14.2 Å². The lowest BCUT2D eigenvalue weighted by molar-refractivity contribution is -0.156. The maximum atomic E-state index is 12.8. The Morgan fingerprint density at radius 2 is 1.78 bits per heavy atom. The second-order valence-corrected chi connectivity index (χ2v) is 9.45. The Morgan fingerprint density at radius 3 is 2.56 bits per heavy atom. The van der Waals surface area contributed by atoms with Gasteiger partial charge in [-0.3, -0.25) is 4.79 Å². The van der Waals surface area contributed by atoms with Gasteiger partial charge in [0, 0.05) is 18.8 Å². The van der Waals surface area contributed by atoms with Gasteiger partial charge in [-0.1, -0.05) is 24.6 Å². The highest BCUT2D eigenvalue weighted by Gasteiger charge is 2.29. The Balaban J connectivity index is 1.32. The van der Waals surface area contributed by atoms with Crippen molar-refractivity contribution in [3.63, 3.8) is 0 Å². The fourth-order valence-electron chi connectivity index (χ4n) is 3.55. The van der Waals surface area contributed by atoms with Crippen LogP contribution in [-0.4, -0.2) is 57.0 Å². The minimum atomic E-state index is -3.62. The molecule has 2 aliphatic rings.